The molecule has 0 bridgehead atoms. The lowest BCUT2D eigenvalue weighted by molar-refractivity contribution is 0.0969. The fourth-order valence-electron chi connectivity index (χ4n) is 9.17. The highest BCUT2D eigenvalue weighted by Gasteiger charge is 2.56. The molecule has 51 heavy (non-hydrogen) atoms. The van der Waals surface area contributed by atoms with Crippen molar-refractivity contribution in [2.75, 3.05) is 6.61 Å². The average Bonchev–Trinajstić information content (AvgIpc) is 3.54. The smallest absolute Gasteiger partial charge is 0.193 e. The Morgan fingerprint density at radius 1 is 0.980 bits per heavy atom. The Kier molecular flexibility index (Phi) is 11.8. The first-order valence-electron chi connectivity index (χ1n) is 20.6. The average molecular weight is 738 g/mol. The second-order valence-corrected chi connectivity index (χ2v) is 30.0. The first-order valence-corrected chi connectivity index (χ1v) is 26.4. The van der Waals surface area contributed by atoms with E-state index in [-0.39, 0.29) is 39.2 Å². The molecular formula is C44H75NO4Si2. The van der Waals surface area contributed by atoms with Crippen LogP contribution in [-0.4, -0.2) is 58.6 Å². The molecule has 0 unspecified atom stereocenters. The fraction of sp³-hybridized carbons (Fsp3) is 0.795. The fourth-order valence-corrected chi connectivity index (χ4v) is 11.8. The zero-order valence-electron chi connectivity index (χ0n) is 35.0. The van der Waals surface area contributed by atoms with E-state index in [0.29, 0.717) is 24.4 Å². The van der Waals surface area contributed by atoms with Gasteiger partial charge in [-0.05, 0) is 128 Å². The highest BCUT2D eigenvalue weighted by atomic mass is 28.4. The molecule has 288 valence electrons. The largest absolute Gasteiger partial charge is 0.478 e. The van der Waals surface area contributed by atoms with E-state index < -0.39 is 22.7 Å². The molecule has 1 N–H and O–H groups in total. The molecule has 0 aromatic rings. The number of fused-ring (bicyclic) bond motifs is 1. The number of rotatable bonds is 11. The Morgan fingerprint density at radius 3 is 2.22 bits per heavy atom. The van der Waals surface area contributed by atoms with Crippen molar-refractivity contribution >= 4 is 22.5 Å². The highest BCUT2D eigenvalue weighted by molar-refractivity contribution is 6.74. The normalized spacial score (nSPS) is 34.5. The molecule has 5 rings (SSSR count). The zero-order valence-corrected chi connectivity index (χ0v) is 37.0. The van der Waals surface area contributed by atoms with E-state index >= 15 is 0 Å². The SMILES string of the molecule is C=C1/C(=C\C=C2/CCC[C@]3(C)[C@@H]([C@H](C)/C=C/[C@@H](O)C4(C5=N[C@H](CC)CO5)CC4)CC[C@@H]23)C[C@@H](O[Si](C)(C)C(C)(C)C)C[C@@H]1O[Si](C)(C)C(C)(C)C. The Morgan fingerprint density at radius 2 is 1.63 bits per heavy atom. The first-order chi connectivity index (χ1) is 23.5. The summed E-state index contributed by atoms with van der Waals surface area (Å²) in [4.78, 5) is 4.83. The minimum Gasteiger partial charge on any atom is -0.478 e. The quantitative estimate of drug-likeness (QED) is 0.169. The molecule has 4 aliphatic carbocycles. The summed E-state index contributed by atoms with van der Waals surface area (Å²) < 4.78 is 20.2. The van der Waals surface area contributed by atoms with Crippen molar-refractivity contribution in [2.24, 2.45) is 33.6 Å². The number of nitrogens with zero attached hydrogens (tertiary/aromatic N) is 1. The molecule has 5 aliphatic rings. The van der Waals surface area contributed by atoms with Gasteiger partial charge in [0.05, 0.1) is 29.8 Å². The predicted octanol–water partition coefficient (Wildman–Crippen LogP) is 11.7. The van der Waals surface area contributed by atoms with Gasteiger partial charge in [0, 0.05) is 6.42 Å². The van der Waals surface area contributed by atoms with Crippen molar-refractivity contribution < 1.29 is 18.7 Å². The summed E-state index contributed by atoms with van der Waals surface area (Å²) in [6, 6.07) is 0.248. The number of aliphatic hydroxyl groups excluding tert-OH is 1. The molecule has 5 nitrogen and oxygen atoms in total. The molecule has 4 saturated carbocycles. The third-order valence-electron chi connectivity index (χ3n) is 15.0. The summed E-state index contributed by atoms with van der Waals surface area (Å²) in [7, 11) is -3.96. The van der Waals surface area contributed by atoms with Gasteiger partial charge in [0.2, 0.25) is 0 Å². The highest BCUT2D eigenvalue weighted by Crippen LogP contribution is 2.60. The standard InChI is InChI=1S/C44H75NO4Si2/c1-15-34-29-47-40(45-34)44(25-26-44)39(46)23-18-30(2)36-21-22-37-32(17-16-24-43(36,37)10)19-20-33-27-35(48-50(11,12)41(4,5)6)28-38(31(33)3)49-51(13,14)42(7,8)9/h18-20,23,30,34-39,46H,3,15-17,21-22,24-29H2,1-2,4-14H3/b23-18+,32-19+,33-20-/t30-,34-,35-,36-,37+,38+,39-,43-/m1/s1. The van der Waals surface area contributed by atoms with Crippen molar-refractivity contribution in [1.82, 2.24) is 0 Å². The van der Waals surface area contributed by atoms with Crippen molar-refractivity contribution in [1.29, 1.82) is 0 Å². The summed E-state index contributed by atoms with van der Waals surface area (Å²) >= 11 is 0. The zero-order chi connectivity index (χ0) is 37.8. The second-order valence-electron chi connectivity index (χ2n) is 20.5. The Balaban J connectivity index is 1.33. The van der Waals surface area contributed by atoms with Crippen molar-refractivity contribution in [3.05, 3.63) is 47.6 Å². The lowest BCUT2D eigenvalue weighted by Crippen LogP contribution is -2.49. The van der Waals surface area contributed by atoms with Crippen LogP contribution in [0.2, 0.25) is 36.3 Å². The number of hydrogen-bond donors (Lipinski definition) is 1. The topological polar surface area (TPSA) is 60.3 Å². The third kappa shape index (κ3) is 8.38. The van der Waals surface area contributed by atoms with Crippen LogP contribution in [0, 0.1) is 28.6 Å². The maximum atomic E-state index is 11.4. The van der Waals surface area contributed by atoms with Gasteiger partial charge in [-0.3, -0.25) is 0 Å². The summed E-state index contributed by atoms with van der Waals surface area (Å²) in [6.07, 6.45) is 19.9. The maximum Gasteiger partial charge on any atom is 0.193 e. The van der Waals surface area contributed by atoms with Gasteiger partial charge in [0.15, 0.2) is 22.5 Å². The van der Waals surface area contributed by atoms with Crippen LogP contribution in [0.25, 0.3) is 0 Å². The van der Waals surface area contributed by atoms with Crippen LogP contribution in [0.15, 0.2) is 52.6 Å². The number of allylic oxidation sites excluding steroid dienone is 4. The van der Waals surface area contributed by atoms with Crippen LogP contribution in [0.4, 0.5) is 0 Å². The summed E-state index contributed by atoms with van der Waals surface area (Å²) in [5, 5.41) is 11.7. The second kappa shape index (κ2) is 14.8. The Labute approximate surface area is 315 Å². The Hall–Kier alpha value is -1.26. The van der Waals surface area contributed by atoms with E-state index in [1.807, 2.05) is 0 Å². The van der Waals surface area contributed by atoms with Gasteiger partial charge in [-0.2, -0.15) is 0 Å². The molecule has 8 atom stereocenters. The molecule has 0 amide bonds. The molecular weight excluding hydrogens is 663 g/mol. The third-order valence-corrected chi connectivity index (χ3v) is 24.0. The molecule has 4 fully saturated rings. The molecule has 0 saturated heterocycles. The molecule has 0 spiro atoms. The minimum absolute atomic E-state index is 0.00434. The molecule has 0 aromatic heterocycles. The first kappa shape index (κ1) is 40.9. The summed E-state index contributed by atoms with van der Waals surface area (Å²) in [5.74, 6) is 2.43. The lowest BCUT2D eigenvalue weighted by atomic mass is 9.61. The minimum atomic E-state index is -2.00. The van der Waals surface area contributed by atoms with Gasteiger partial charge < -0.3 is 18.7 Å². The predicted molar refractivity (Wildman–Crippen MR) is 220 cm³/mol. The van der Waals surface area contributed by atoms with E-state index in [0.717, 1.165) is 38.0 Å². The van der Waals surface area contributed by atoms with Gasteiger partial charge in [0.25, 0.3) is 0 Å². The van der Waals surface area contributed by atoms with Crippen molar-refractivity contribution in [3.63, 3.8) is 0 Å². The van der Waals surface area contributed by atoms with Crippen LogP contribution in [0.5, 0.6) is 0 Å². The van der Waals surface area contributed by atoms with Crippen LogP contribution in [-0.2, 0) is 13.6 Å². The van der Waals surface area contributed by atoms with Crippen LogP contribution in [0.1, 0.15) is 127 Å². The van der Waals surface area contributed by atoms with Crippen molar-refractivity contribution in [3.8, 4) is 0 Å². The monoisotopic (exact) mass is 738 g/mol. The van der Waals surface area contributed by atoms with Gasteiger partial charge in [-0.1, -0.05) is 98.8 Å². The van der Waals surface area contributed by atoms with Crippen LogP contribution < -0.4 is 0 Å². The van der Waals surface area contributed by atoms with E-state index in [1.54, 1.807) is 5.57 Å². The maximum absolute atomic E-state index is 11.4. The molecule has 1 heterocycles. The van der Waals surface area contributed by atoms with Gasteiger partial charge in [-0.25, -0.2) is 4.99 Å². The van der Waals surface area contributed by atoms with E-state index in [4.69, 9.17) is 25.2 Å². The number of aliphatic imine (C=N–C) groups is 1. The summed E-state index contributed by atoms with van der Waals surface area (Å²) in [6.45, 7) is 36.0. The van der Waals surface area contributed by atoms with Crippen molar-refractivity contribution in [2.45, 2.75) is 187 Å². The number of hydrogen-bond acceptors (Lipinski definition) is 5. The van der Waals surface area contributed by atoms with Crippen LogP contribution >= 0.6 is 0 Å². The summed E-state index contributed by atoms with van der Waals surface area (Å²) in [5.41, 5.74) is 4.09. The molecule has 0 aromatic carbocycles. The molecule has 7 heteroatoms. The Bertz CT molecular complexity index is 1410. The number of aliphatic hydroxyl groups is 1. The van der Waals surface area contributed by atoms with Gasteiger partial charge in [0.1, 0.15) is 6.61 Å². The number of ether oxygens (including phenoxy) is 1. The molecule has 0 radical (unpaired) electrons. The van der Waals surface area contributed by atoms with Gasteiger partial charge in [-0.15, -0.1) is 0 Å². The van der Waals surface area contributed by atoms with E-state index in [2.05, 4.69) is 113 Å². The van der Waals surface area contributed by atoms with Gasteiger partial charge >= 0.3 is 0 Å². The lowest BCUT2D eigenvalue weighted by Gasteiger charge is -2.45. The molecule has 1 aliphatic heterocycles. The van der Waals surface area contributed by atoms with E-state index in [9.17, 15) is 5.11 Å². The van der Waals surface area contributed by atoms with Crippen LogP contribution in [0.3, 0.4) is 0 Å². The van der Waals surface area contributed by atoms with E-state index in [1.165, 1.54) is 43.3 Å².